The van der Waals surface area contributed by atoms with E-state index in [0.29, 0.717) is 6.07 Å². The molecule has 21 heavy (non-hydrogen) atoms. The van der Waals surface area contributed by atoms with Crippen molar-refractivity contribution in [3.63, 3.8) is 0 Å². The number of methoxy groups -OCH3 is 1. The summed E-state index contributed by atoms with van der Waals surface area (Å²) in [6.07, 6.45) is -3.45. The Balaban J connectivity index is 3.13. The van der Waals surface area contributed by atoms with Crippen LogP contribution < -0.4 is 0 Å². The van der Waals surface area contributed by atoms with Crippen molar-refractivity contribution < 1.29 is 27.1 Å². The van der Waals surface area contributed by atoms with Crippen LogP contribution in [0.4, 0.5) is 17.6 Å². The van der Waals surface area contributed by atoms with Crippen LogP contribution in [-0.4, -0.2) is 37.6 Å². The molecule has 0 bridgehead atoms. The SMILES string of the molecule is C=CCN(CCOC)C(=O)c1cccc(C(F)(F)F)c1F. The highest BCUT2D eigenvalue weighted by atomic mass is 19.4. The number of alkyl halides is 3. The molecule has 0 atom stereocenters. The third-order valence-corrected chi connectivity index (χ3v) is 2.74. The summed E-state index contributed by atoms with van der Waals surface area (Å²) in [6.45, 7) is 3.84. The molecule has 7 heteroatoms. The number of carbonyl (C=O) groups is 1. The molecular weight excluding hydrogens is 290 g/mol. The molecule has 116 valence electrons. The summed E-state index contributed by atoms with van der Waals surface area (Å²) in [7, 11) is 1.42. The maximum atomic E-state index is 13.9. The number of ether oxygens (including phenoxy) is 1. The summed E-state index contributed by atoms with van der Waals surface area (Å²) < 4.78 is 56.7. The lowest BCUT2D eigenvalue weighted by molar-refractivity contribution is -0.140. The van der Waals surface area contributed by atoms with Crippen LogP contribution >= 0.6 is 0 Å². The number of halogens is 4. The first kappa shape index (κ1) is 17.2. The van der Waals surface area contributed by atoms with Crippen LogP contribution in [-0.2, 0) is 10.9 Å². The van der Waals surface area contributed by atoms with Crippen LogP contribution in [0.25, 0.3) is 0 Å². The molecule has 0 saturated heterocycles. The zero-order chi connectivity index (χ0) is 16.0. The predicted molar refractivity (Wildman–Crippen MR) is 69.4 cm³/mol. The molecule has 0 unspecified atom stereocenters. The van der Waals surface area contributed by atoms with Crippen molar-refractivity contribution in [2.75, 3.05) is 26.8 Å². The van der Waals surface area contributed by atoms with Gasteiger partial charge in [0.05, 0.1) is 17.7 Å². The van der Waals surface area contributed by atoms with Gasteiger partial charge in [-0.2, -0.15) is 13.2 Å². The van der Waals surface area contributed by atoms with Gasteiger partial charge in [-0.25, -0.2) is 4.39 Å². The van der Waals surface area contributed by atoms with Crippen LogP contribution in [0.1, 0.15) is 15.9 Å². The standard InChI is InChI=1S/C14H15F4NO2/c1-3-7-19(8-9-21-2)13(20)10-5-4-6-11(12(10)15)14(16,17)18/h3-6H,1,7-9H2,2H3. The lowest BCUT2D eigenvalue weighted by Gasteiger charge is -2.21. The zero-order valence-corrected chi connectivity index (χ0v) is 11.4. The topological polar surface area (TPSA) is 29.5 Å². The van der Waals surface area contributed by atoms with Crippen LogP contribution in [0.2, 0.25) is 0 Å². The highest BCUT2D eigenvalue weighted by Crippen LogP contribution is 2.32. The van der Waals surface area contributed by atoms with Crippen molar-refractivity contribution >= 4 is 5.91 Å². The Morgan fingerprint density at radius 3 is 2.62 bits per heavy atom. The van der Waals surface area contributed by atoms with E-state index in [2.05, 4.69) is 6.58 Å². The highest BCUT2D eigenvalue weighted by molar-refractivity contribution is 5.94. The fourth-order valence-corrected chi connectivity index (χ4v) is 1.72. The lowest BCUT2D eigenvalue weighted by atomic mass is 10.1. The first-order chi connectivity index (χ1) is 9.82. The van der Waals surface area contributed by atoms with Gasteiger partial charge in [0.2, 0.25) is 0 Å². The van der Waals surface area contributed by atoms with Crippen molar-refractivity contribution in [2.45, 2.75) is 6.18 Å². The van der Waals surface area contributed by atoms with Gasteiger partial charge in [0.1, 0.15) is 5.82 Å². The summed E-state index contributed by atoms with van der Waals surface area (Å²) in [4.78, 5) is 13.3. The monoisotopic (exact) mass is 305 g/mol. The summed E-state index contributed by atoms with van der Waals surface area (Å²) in [5.74, 6) is -2.41. The Hall–Kier alpha value is -1.89. The maximum absolute atomic E-state index is 13.9. The predicted octanol–water partition coefficient (Wildman–Crippen LogP) is 3.12. The fourth-order valence-electron chi connectivity index (χ4n) is 1.72. The minimum Gasteiger partial charge on any atom is -0.383 e. The minimum atomic E-state index is -4.85. The van der Waals surface area contributed by atoms with Crippen molar-refractivity contribution in [3.05, 3.63) is 47.8 Å². The van der Waals surface area contributed by atoms with E-state index in [0.717, 1.165) is 17.0 Å². The Bertz CT molecular complexity index is 514. The van der Waals surface area contributed by atoms with E-state index in [1.165, 1.54) is 13.2 Å². The summed E-state index contributed by atoms with van der Waals surface area (Å²) >= 11 is 0. The molecular formula is C14H15F4NO2. The minimum absolute atomic E-state index is 0.0812. The smallest absolute Gasteiger partial charge is 0.383 e. The number of benzene rings is 1. The quantitative estimate of drug-likeness (QED) is 0.597. The first-order valence-corrected chi connectivity index (χ1v) is 6.07. The molecule has 0 saturated carbocycles. The van der Waals surface area contributed by atoms with Gasteiger partial charge < -0.3 is 9.64 Å². The van der Waals surface area contributed by atoms with Crippen LogP contribution in [0, 0.1) is 5.82 Å². The van der Waals surface area contributed by atoms with Crippen LogP contribution in [0.5, 0.6) is 0 Å². The molecule has 1 rings (SSSR count). The van der Waals surface area contributed by atoms with Crippen molar-refractivity contribution in [1.29, 1.82) is 0 Å². The Morgan fingerprint density at radius 1 is 1.43 bits per heavy atom. The second-order valence-corrected chi connectivity index (χ2v) is 4.20. The molecule has 0 aromatic heterocycles. The molecule has 0 aliphatic rings. The van der Waals surface area contributed by atoms with E-state index >= 15 is 0 Å². The molecule has 1 amide bonds. The highest BCUT2D eigenvalue weighted by Gasteiger charge is 2.36. The number of rotatable bonds is 6. The average molecular weight is 305 g/mol. The molecule has 0 N–H and O–H groups in total. The second-order valence-electron chi connectivity index (χ2n) is 4.20. The molecule has 0 aliphatic heterocycles. The number of hydrogen-bond donors (Lipinski definition) is 0. The molecule has 0 fully saturated rings. The lowest BCUT2D eigenvalue weighted by Crippen LogP contribution is -2.35. The van der Waals surface area contributed by atoms with Gasteiger partial charge in [-0.1, -0.05) is 12.1 Å². The largest absolute Gasteiger partial charge is 0.419 e. The van der Waals surface area contributed by atoms with Crippen molar-refractivity contribution in [3.8, 4) is 0 Å². The number of nitrogens with zero attached hydrogens (tertiary/aromatic N) is 1. The van der Waals surface area contributed by atoms with E-state index in [-0.39, 0.29) is 19.7 Å². The van der Waals surface area contributed by atoms with E-state index < -0.39 is 29.0 Å². The van der Waals surface area contributed by atoms with Gasteiger partial charge in [0, 0.05) is 20.2 Å². The number of carbonyl (C=O) groups excluding carboxylic acids is 1. The molecule has 1 aromatic carbocycles. The molecule has 0 heterocycles. The summed E-state index contributed by atoms with van der Waals surface area (Å²) in [5.41, 5.74) is -2.08. The maximum Gasteiger partial charge on any atom is 0.419 e. The molecule has 1 aromatic rings. The van der Waals surface area contributed by atoms with E-state index in [4.69, 9.17) is 4.74 Å². The van der Waals surface area contributed by atoms with Crippen molar-refractivity contribution in [1.82, 2.24) is 4.90 Å². The van der Waals surface area contributed by atoms with Crippen molar-refractivity contribution in [2.24, 2.45) is 0 Å². The van der Waals surface area contributed by atoms with E-state index in [1.54, 1.807) is 0 Å². The Labute approximate surface area is 119 Å². The molecule has 0 aliphatic carbocycles. The normalized spacial score (nSPS) is 11.3. The van der Waals surface area contributed by atoms with Gasteiger partial charge in [0.15, 0.2) is 0 Å². The van der Waals surface area contributed by atoms with Gasteiger partial charge in [-0.3, -0.25) is 4.79 Å². The van der Waals surface area contributed by atoms with Gasteiger partial charge in [-0.15, -0.1) is 6.58 Å². The fraction of sp³-hybridized carbons (Fsp3) is 0.357. The third kappa shape index (κ3) is 4.29. The Kier molecular flexibility index (Phi) is 5.90. The van der Waals surface area contributed by atoms with Gasteiger partial charge >= 0.3 is 6.18 Å². The average Bonchev–Trinajstić information content (AvgIpc) is 2.41. The van der Waals surface area contributed by atoms with Gasteiger partial charge in [-0.05, 0) is 12.1 Å². The van der Waals surface area contributed by atoms with E-state index in [1.807, 2.05) is 0 Å². The number of amides is 1. The first-order valence-electron chi connectivity index (χ1n) is 6.07. The zero-order valence-electron chi connectivity index (χ0n) is 11.4. The van der Waals surface area contributed by atoms with Crippen LogP contribution in [0.3, 0.4) is 0 Å². The third-order valence-electron chi connectivity index (χ3n) is 2.74. The van der Waals surface area contributed by atoms with Crippen LogP contribution in [0.15, 0.2) is 30.9 Å². The number of hydrogen-bond acceptors (Lipinski definition) is 2. The molecule has 0 radical (unpaired) electrons. The summed E-state index contributed by atoms with van der Waals surface area (Å²) in [6, 6.07) is 2.62. The van der Waals surface area contributed by atoms with E-state index in [9.17, 15) is 22.4 Å². The Morgan fingerprint density at radius 2 is 2.10 bits per heavy atom. The second kappa shape index (κ2) is 7.21. The molecule has 0 spiro atoms. The van der Waals surface area contributed by atoms with Gasteiger partial charge in [0.25, 0.3) is 5.91 Å². The molecule has 3 nitrogen and oxygen atoms in total. The summed E-state index contributed by atoms with van der Waals surface area (Å²) in [5, 5.41) is 0.